The van der Waals surface area contributed by atoms with Gasteiger partial charge < -0.3 is 5.73 Å². The maximum Gasteiger partial charge on any atom is 0.234 e. The van der Waals surface area contributed by atoms with Crippen molar-refractivity contribution in [1.29, 1.82) is 0 Å². The van der Waals surface area contributed by atoms with Crippen LogP contribution in [0, 0.1) is 0 Å². The molecule has 2 rings (SSSR count). The molecule has 0 bridgehead atoms. The zero-order valence-corrected chi connectivity index (χ0v) is 8.97. The lowest BCUT2D eigenvalue weighted by Gasteiger charge is -2.01. The third kappa shape index (κ3) is 2.38. The highest BCUT2D eigenvalue weighted by molar-refractivity contribution is 5.81. The number of benzene rings is 1. The molecule has 82 valence electrons. The monoisotopic (exact) mass is 214 g/mol. The van der Waals surface area contributed by atoms with Crippen molar-refractivity contribution >= 4 is 5.91 Å². The van der Waals surface area contributed by atoms with Crippen LogP contribution in [0.15, 0.2) is 48.8 Å². The number of carbonyl (C=O) groups excluding carboxylic acids is 1. The fourth-order valence-corrected chi connectivity index (χ4v) is 1.58. The van der Waals surface area contributed by atoms with Crippen molar-refractivity contribution in [3.63, 3.8) is 0 Å². The summed E-state index contributed by atoms with van der Waals surface area (Å²) in [6.45, 7) is 0.464. The molecular formula is C13H14N2O. The van der Waals surface area contributed by atoms with Crippen LogP contribution in [0.1, 0.15) is 15.9 Å². The van der Waals surface area contributed by atoms with Gasteiger partial charge in [0.25, 0.3) is 0 Å². The van der Waals surface area contributed by atoms with E-state index in [0.29, 0.717) is 13.0 Å². The largest absolute Gasteiger partial charge is 0.326 e. The van der Waals surface area contributed by atoms with Crippen LogP contribution in [0.25, 0.3) is 0 Å². The molecule has 1 aromatic heterocycles. The highest BCUT2D eigenvalue weighted by Crippen LogP contribution is 2.04. The Balaban J connectivity index is 2.09. The van der Waals surface area contributed by atoms with Gasteiger partial charge in [0.05, 0.1) is 6.42 Å². The molecule has 1 heterocycles. The molecule has 3 nitrogen and oxygen atoms in total. The van der Waals surface area contributed by atoms with Crippen LogP contribution in [-0.4, -0.2) is 10.5 Å². The summed E-state index contributed by atoms with van der Waals surface area (Å²) in [5.41, 5.74) is 7.49. The summed E-state index contributed by atoms with van der Waals surface area (Å²) in [7, 11) is 0. The molecule has 1 aromatic carbocycles. The number of hydrogen-bond acceptors (Lipinski definition) is 2. The Bertz CT molecular complexity index is 474. The number of carbonyl (C=O) groups is 1. The van der Waals surface area contributed by atoms with Gasteiger partial charge in [0, 0.05) is 18.9 Å². The van der Waals surface area contributed by atoms with Gasteiger partial charge in [-0.1, -0.05) is 30.3 Å². The van der Waals surface area contributed by atoms with E-state index in [1.807, 2.05) is 36.4 Å². The van der Waals surface area contributed by atoms with Crippen LogP contribution < -0.4 is 5.73 Å². The lowest BCUT2D eigenvalue weighted by atomic mass is 10.1. The van der Waals surface area contributed by atoms with E-state index in [0.717, 1.165) is 11.1 Å². The fraction of sp³-hybridized carbons (Fsp3) is 0.154. The molecule has 0 unspecified atom stereocenters. The zero-order chi connectivity index (χ0) is 11.4. The Morgan fingerprint density at radius 1 is 1.12 bits per heavy atom. The van der Waals surface area contributed by atoms with Crippen molar-refractivity contribution in [3.05, 3.63) is 59.9 Å². The third-order valence-corrected chi connectivity index (χ3v) is 2.48. The van der Waals surface area contributed by atoms with Gasteiger partial charge in [-0.25, -0.2) is 0 Å². The first-order valence-corrected chi connectivity index (χ1v) is 5.23. The number of nitrogens with two attached hydrogens (primary N) is 1. The van der Waals surface area contributed by atoms with Crippen LogP contribution >= 0.6 is 0 Å². The number of nitrogens with zero attached hydrogens (tertiary/aromatic N) is 1. The smallest absolute Gasteiger partial charge is 0.234 e. The van der Waals surface area contributed by atoms with Crippen molar-refractivity contribution in [2.75, 3.05) is 0 Å². The number of rotatable bonds is 3. The van der Waals surface area contributed by atoms with E-state index in [1.165, 1.54) is 0 Å². The van der Waals surface area contributed by atoms with Crippen LogP contribution in [0.5, 0.6) is 0 Å². The molecule has 0 spiro atoms. The minimum absolute atomic E-state index is 0.0610. The lowest BCUT2D eigenvalue weighted by molar-refractivity contribution is 0.0914. The van der Waals surface area contributed by atoms with Crippen molar-refractivity contribution in [1.82, 2.24) is 4.57 Å². The predicted molar refractivity (Wildman–Crippen MR) is 63.1 cm³/mol. The molecule has 2 aromatic rings. The highest BCUT2D eigenvalue weighted by atomic mass is 16.1. The van der Waals surface area contributed by atoms with Crippen LogP contribution in [0.4, 0.5) is 0 Å². The van der Waals surface area contributed by atoms with Gasteiger partial charge in [-0.15, -0.1) is 0 Å². The van der Waals surface area contributed by atoms with Gasteiger partial charge >= 0.3 is 0 Å². The molecule has 3 heteroatoms. The first-order valence-electron chi connectivity index (χ1n) is 5.23. The zero-order valence-electron chi connectivity index (χ0n) is 8.97. The Morgan fingerprint density at radius 2 is 1.88 bits per heavy atom. The maximum atomic E-state index is 11.9. The molecule has 0 amide bonds. The van der Waals surface area contributed by atoms with E-state index in [9.17, 15) is 4.79 Å². The Morgan fingerprint density at radius 3 is 2.50 bits per heavy atom. The molecular weight excluding hydrogens is 200 g/mol. The predicted octanol–water partition coefficient (Wildman–Crippen LogP) is 1.83. The number of hydrogen-bond donors (Lipinski definition) is 1. The van der Waals surface area contributed by atoms with E-state index in [4.69, 9.17) is 5.73 Å². The molecule has 0 aliphatic heterocycles. The molecule has 0 aliphatic carbocycles. The standard InChI is InChI=1S/C13H14N2O/c14-9-12-6-7-15(10-12)13(16)8-11-4-2-1-3-5-11/h1-7,10H,8-9,14H2. The number of aromatic nitrogens is 1. The normalized spacial score (nSPS) is 10.3. The van der Waals surface area contributed by atoms with Gasteiger partial charge in [0.2, 0.25) is 5.91 Å². The maximum absolute atomic E-state index is 11.9. The second kappa shape index (κ2) is 4.77. The van der Waals surface area contributed by atoms with Crippen LogP contribution in [0.2, 0.25) is 0 Å². The first-order chi connectivity index (χ1) is 7.79. The topological polar surface area (TPSA) is 48.0 Å². The summed E-state index contributed by atoms with van der Waals surface area (Å²) in [6.07, 6.45) is 3.96. The van der Waals surface area contributed by atoms with Gasteiger partial charge in [0.1, 0.15) is 0 Å². The van der Waals surface area contributed by atoms with Crippen molar-refractivity contribution in [2.45, 2.75) is 13.0 Å². The van der Waals surface area contributed by atoms with Gasteiger partial charge in [-0.3, -0.25) is 9.36 Å². The molecule has 0 fully saturated rings. The lowest BCUT2D eigenvalue weighted by Crippen LogP contribution is -2.11. The second-order valence-electron chi connectivity index (χ2n) is 3.69. The SMILES string of the molecule is NCc1ccn(C(=O)Cc2ccccc2)c1. The van der Waals surface area contributed by atoms with E-state index >= 15 is 0 Å². The third-order valence-electron chi connectivity index (χ3n) is 2.48. The Labute approximate surface area is 94.5 Å². The first kappa shape index (κ1) is 10.6. The molecule has 0 atom stereocenters. The van der Waals surface area contributed by atoms with E-state index in [-0.39, 0.29) is 5.91 Å². The highest BCUT2D eigenvalue weighted by Gasteiger charge is 2.05. The van der Waals surface area contributed by atoms with Gasteiger partial charge in [-0.2, -0.15) is 0 Å². The molecule has 0 saturated heterocycles. The molecule has 0 aliphatic rings. The minimum Gasteiger partial charge on any atom is -0.326 e. The Kier molecular flexibility index (Phi) is 3.17. The van der Waals surface area contributed by atoms with E-state index in [1.54, 1.807) is 17.0 Å². The Hall–Kier alpha value is -1.87. The average Bonchev–Trinajstić information content (AvgIpc) is 2.79. The molecule has 16 heavy (non-hydrogen) atoms. The van der Waals surface area contributed by atoms with Gasteiger partial charge in [0.15, 0.2) is 0 Å². The van der Waals surface area contributed by atoms with Crippen LogP contribution in [0.3, 0.4) is 0 Å². The van der Waals surface area contributed by atoms with E-state index < -0.39 is 0 Å². The van der Waals surface area contributed by atoms with Crippen molar-refractivity contribution in [2.24, 2.45) is 5.73 Å². The van der Waals surface area contributed by atoms with Crippen molar-refractivity contribution in [3.8, 4) is 0 Å². The summed E-state index contributed by atoms with van der Waals surface area (Å²) in [4.78, 5) is 11.9. The minimum atomic E-state index is 0.0610. The van der Waals surface area contributed by atoms with Gasteiger partial charge in [-0.05, 0) is 17.2 Å². The quantitative estimate of drug-likeness (QED) is 0.847. The average molecular weight is 214 g/mol. The summed E-state index contributed by atoms with van der Waals surface area (Å²) < 4.78 is 1.59. The van der Waals surface area contributed by atoms with Crippen LogP contribution in [-0.2, 0) is 13.0 Å². The summed E-state index contributed by atoms with van der Waals surface area (Å²) in [5.74, 6) is 0.0610. The summed E-state index contributed by atoms with van der Waals surface area (Å²) in [6, 6.07) is 11.6. The second-order valence-corrected chi connectivity index (χ2v) is 3.69. The summed E-state index contributed by atoms with van der Waals surface area (Å²) >= 11 is 0. The molecule has 2 N–H and O–H groups in total. The van der Waals surface area contributed by atoms with Crippen molar-refractivity contribution < 1.29 is 4.79 Å². The fourth-order valence-electron chi connectivity index (χ4n) is 1.58. The summed E-state index contributed by atoms with van der Waals surface area (Å²) in [5, 5.41) is 0. The van der Waals surface area contributed by atoms with E-state index in [2.05, 4.69) is 0 Å². The molecule has 0 saturated carbocycles. The molecule has 0 radical (unpaired) electrons.